The van der Waals surface area contributed by atoms with Gasteiger partial charge >= 0.3 is 6.18 Å². The molecule has 1 aromatic carbocycles. The van der Waals surface area contributed by atoms with Crippen LogP contribution in [0.4, 0.5) is 18.9 Å². The highest BCUT2D eigenvalue weighted by Crippen LogP contribution is 2.27. The van der Waals surface area contributed by atoms with Crippen LogP contribution in [0.2, 0.25) is 0 Å². The maximum atomic E-state index is 12.5. The van der Waals surface area contributed by atoms with Gasteiger partial charge < -0.3 is 5.32 Å². The van der Waals surface area contributed by atoms with Crippen LogP contribution in [0, 0.1) is 34.0 Å². The number of rotatable bonds is 3. The van der Waals surface area contributed by atoms with Crippen LogP contribution in [-0.4, -0.2) is 12.0 Å². The van der Waals surface area contributed by atoms with Gasteiger partial charge in [-0.3, -0.25) is 4.79 Å². The standard InChI is InChI=1S/C13H5F3N4O/c14-13(15,16)12(21)10-3-8(4-17)1-2-11(10)20-7-9(5-18)6-19/h1-3,7,20H. The third-order valence-corrected chi connectivity index (χ3v) is 2.26. The molecule has 0 bridgehead atoms. The molecule has 0 saturated heterocycles. The lowest BCUT2D eigenvalue weighted by atomic mass is 10.0. The van der Waals surface area contributed by atoms with Crippen LogP contribution in [0.5, 0.6) is 0 Å². The molecule has 0 heterocycles. The monoisotopic (exact) mass is 290 g/mol. The Bertz CT molecular complexity index is 714. The summed E-state index contributed by atoms with van der Waals surface area (Å²) in [6, 6.07) is 7.69. The summed E-state index contributed by atoms with van der Waals surface area (Å²) in [6.45, 7) is 0. The van der Waals surface area contributed by atoms with Crippen molar-refractivity contribution in [3.05, 3.63) is 41.1 Å². The maximum Gasteiger partial charge on any atom is 0.454 e. The van der Waals surface area contributed by atoms with Crippen molar-refractivity contribution < 1.29 is 18.0 Å². The number of benzene rings is 1. The van der Waals surface area contributed by atoms with E-state index in [-0.39, 0.29) is 16.8 Å². The smallest absolute Gasteiger partial charge is 0.359 e. The van der Waals surface area contributed by atoms with Gasteiger partial charge in [0.1, 0.15) is 17.7 Å². The Morgan fingerprint density at radius 2 is 1.81 bits per heavy atom. The highest BCUT2D eigenvalue weighted by molar-refractivity contribution is 6.05. The molecule has 0 fully saturated rings. The number of halogens is 3. The van der Waals surface area contributed by atoms with Gasteiger partial charge in [0.2, 0.25) is 0 Å². The highest BCUT2D eigenvalue weighted by Gasteiger charge is 2.40. The number of anilines is 1. The molecule has 0 aliphatic rings. The van der Waals surface area contributed by atoms with Gasteiger partial charge in [0.15, 0.2) is 0 Å². The second-order valence-electron chi connectivity index (χ2n) is 3.63. The molecule has 21 heavy (non-hydrogen) atoms. The lowest BCUT2D eigenvalue weighted by molar-refractivity contribution is -0.0884. The summed E-state index contributed by atoms with van der Waals surface area (Å²) in [5, 5.41) is 28.0. The molecule has 104 valence electrons. The Kier molecular flexibility index (Phi) is 4.67. The summed E-state index contributed by atoms with van der Waals surface area (Å²) < 4.78 is 37.5. The molecule has 0 spiro atoms. The van der Waals surface area contributed by atoms with Crippen LogP contribution >= 0.6 is 0 Å². The van der Waals surface area contributed by atoms with Crippen LogP contribution in [0.1, 0.15) is 15.9 Å². The summed E-state index contributed by atoms with van der Waals surface area (Å²) in [6.07, 6.45) is -4.24. The van der Waals surface area contributed by atoms with E-state index in [4.69, 9.17) is 15.8 Å². The van der Waals surface area contributed by atoms with Crippen LogP contribution in [0.15, 0.2) is 30.0 Å². The number of alkyl halides is 3. The van der Waals surface area contributed by atoms with Gasteiger partial charge in [-0.1, -0.05) is 0 Å². The number of nitrogens with one attached hydrogen (secondary N) is 1. The molecule has 1 aromatic rings. The topological polar surface area (TPSA) is 100 Å². The molecule has 0 aliphatic carbocycles. The van der Waals surface area contributed by atoms with Crippen LogP contribution in [-0.2, 0) is 0 Å². The molecular formula is C13H5F3N4O. The van der Waals surface area contributed by atoms with Crippen molar-refractivity contribution in [3.8, 4) is 18.2 Å². The van der Waals surface area contributed by atoms with Gasteiger partial charge in [0.25, 0.3) is 5.78 Å². The largest absolute Gasteiger partial charge is 0.454 e. The van der Waals surface area contributed by atoms with Crippen molar-refractivity contribution in [2.75, 3.05) is 5.32 Å². The average molecular weight is 290 g/mol. The Labute approximate surface area is 117 Å². The lowest BCUT2D eigenvalue weighted by Gasteiger charge is -2.11. The highest BCUT2D eigenvalue weighted by atomic mass is 19.4. The molecule has 0 unspecified atom stereocenters. The summed E-state index contributed by atoms with van der Waals surface area (Å²) >= 11 is 0. The number of carbonyl (C=O) groups is 1. The van der Waals surface area contributed by atoms with E-state index >= 15 is 0 Å². The number of hydrogen-bond acceptors (Lipinski definition) is 5. The zero-order valence-corrected chi connectivity index (χ0v) is 10.2. The minimum absolute atomic E-state index is 0.127. The lowest BCUT2D eigenvalue weighted by Crippen LogP contribution is -2.23. The molecule has 0 saturated carbocycles. The van der Waals surface area contributed by atoms with Gasteiger partial charge in [-0.05, 0) is 18.2 Å². The van der Waals surface area contributed by atoms with Crippen LogP contribution in [0.25, 0.3) is 0 Å². The minimum Gasteiger partial charge on any atom is -0.359 e. The molecule has 0 radical (unpaired) electrons. The zero-order chi connectivity index (χ0) is 16.0. The molecular weight excluding hydrogens is 285 g/mol. The summed E-state index contributed by atoms with van der Waals surface area (Å²) in [5.41, 5.74) is -1.55. The van der Waals surface area contributed by atoms with Crippen molar-refractivity contribution in [1.82, 2.24) is 0 Å². The third-order valence-electron chi connectivity index (χ3n) is 2.26. The molecule has 1 N–H and O–H groups in total. The van der Waals surface area contributed by atoms with E-state index in [9.17, 15) is 18.0 Å². The van der Waals surface area contributed by atoms with E-state index in [2.05, 4.69) is 5.32 Å². The molecule has 5 nitrogen and oxygen atoms in total. The third kappa shape index (κ3) is 3.82. The molecule has 0 aromatic heterocycles. The van der Waals surface area contributed by atoms with Gasteiger partial charge in [0, 0.05) is 11.9 Å². The SMILES string of the molecule is N#CC(C#N)=CNc1ccc(C#N)cc1C(=O)C(F)(F)F. The normalized spacial score (nSPS) is 9.71. The predicted molar refractivity (Wildman–Crippen MR) is 64.5 cm³/mol. The molecule has 0 amide bonds. The van der Waals surface area contributed by atoms with Gasteiger partial charge in [-0.2, -0.15) is 29.0 Å². The first kappa shape index (κ1) is 15.7. The summed E-state index contributed by atoms with van der Waals surface area (Å²) in [7, 11) is 0. The number of nitriles is 3. The summed E-state index contributed by atoms with van der Waals surface area (Å²) in [4.78, 5) is 11.3. The number of nitrogens with zero attached hydrogens (tertiary/aromatic N) is 3. The van der Waals surface area contributed by atoms with Gasteiger partial charge in [-0.15, -0.1) is 0 Å². The predicted octanol–water partition coefficient (Wildman–Crippen LogP) is 2.65. The minimum atomic E-state index is -5.11. The number of hydrogen-bond donors (Lipinski definition) is 1. The van der Waals surface area contributed by atoms with E-state index in [0.717, 1.165) is 18.3 Å². The Hall–Kier alpha value is -3.31. The van der Waals surface area contributed by atoms with Gasteiger partial charge in [-0.25, -0.2) is 0 Å². The van der Waals surface area contributed by atoms with Crippen LogP contribution < -0.4 is 5.32 Å². The second kappa shape index (κ2) is 6.23. The van der Waals surface area contributed by atoms with E-state index in [1.54, 1.807) is 6.07 Å². The Morgan fingerprint density at radius 1 is 1.19 bits per heavy atom. The summed E-state index contributed by atoms with van der Waals surface area (Å²) in [5.74, 6) is -2.13. The quantitative estimate of drug-likeness (QED) is 0.681. The molecule has 1 rings (SSSR count). The Balaban J connectivity index is 3.32. The molecule has 0 aliphatic heterocycles. The zero-order valence-electron chi connectivity index (χ0n) is 10.2. The van der Waals surface area contributed by atoms with Crippen molar-refractivity contribution >= 4 is 11.5 Å². The van der Waals surface area contributed by atoms with Crippen molar-refractivity contribution in [1.29, 1.82) is 15.8 Å². The molecule has 8 heteroatoms. The second-order valence-corrected chi connectivity index (χ2v) is 3.63. The number of carbonyl (C=O) groups excluding carboxylic acids is 1. The first-order valence-corrected chi connectivity index (χ1v) is 5.26. The number of Topliss-reactive ketones (excluding diaryl/α,β-unsaturated/α-hetero) is 1. The maximum absolute atomic E-state index is 12.5. The fraction of sp³-hybridized carbons (Fsp3) is 0.0769. The Morgan fingerprint density at radius 3 is 2.29 bits per heavy atom. The number of ketones is 1. The van der Waals surface area contributed by atoms with E-state index in [0.29, 0.717) is 0 Å². The van der Waals surface area contributed by atoms with E-state index in [1.807, 2.05) is 0 Å². The first-order valence-electron chi connectivity index (χ1n) is 5.26. The first-order chi connectivity index (χ1) is 9.83. The van der Waals surface area contributed by atoms with Gasteiger partial charge in [0.05, 0.1) is 17.2 Å². The number of allylic oxidation sites excluding steroid dienone is 1. The van der Waals surface area contributed by atoms with Crippen molar-refractivity contribution in [2.24, 2.45) is 0 Å². The fourth-order valence-electron chi connectivity index (χ4n) is 1.32. The van der Waals surface area contributed by atoms with Crippen molar-refractivity contribution in [3.63, 3.8) is 0 Å². The fourth-order valence-corrected chi connectivity index (χ4v) is 1.32. The van der Waals surface area contributed by atoms with E-state index in [1.165, 1.54) is 18.2 Å². The molecule has 0 atom stereocenters. The van der Waals surface area contributed by atoms with Crippen LogP contribution in [0.3, 0.4) is 0 Å². The van der Waals surface area contributed by atoms with E-state index < -0.39 is 17.5 Å². The average Bonchev–Trinajstić information content (AvgIpc) is 2.46. The van der Waals surface area contributed by atoms with Crippen molar-refractivity contribution in [2.45, 2.75) is 6.18 Å².